The lowest BCUT2D eigenvalue weighted by molar-refractivity contribution is -0.385. The predicted molar refractivity (Wildman–Crippen MR) is 150 cm³/mol. The van der Waals surface area contributed by atoms with E-state index in [4.69, 9.17) is 4.74 Å². The van der Waals surface area contributed by atoms with E-state index in [9.17, 15) is 28.5 Å². The van der Waals surface area contributed by atoms with Crippen molar-refractivity contribution in [3.8, 4) is 0 Å². The number of non-ortho nitro benzene ring substituents is 1. The zero-order valence-electron chi connectivity index (χ0n) is 22.7. The molecule has 0 radical (unpaired) electrons. The summed E-state index contributed by atoms with van der Waals surface area (Å²) in [5, 5.41) is 17.2. The molecule has 42 heavy (non-hydrogen) atoms. The lowest BCUT2D eigenvalue weighted by atomic mass is 9.98. The predicted octanol–water partition coefficient (Wildman–Crippen LogP) is 4.03. The number of ether oxygens (including phenoxy) is 1. The number of benzene rings is 3. The van der Waals surface area contributed by atoms with Gasteiger partial charge in [-0.1, -0.05) is 36.4 Å². The molecule has 1 unspecified atom stereocenters. The Labute approximate surface area is 240 Å². The highest BCUT2D eigenvalue weighted by Gasteiger charge is 2.35. The number of nitro benzene ring substituents is 1. The molecule has 1 atom stereocenters. The molecule has 5 rings (SSSR count). The van der Waals surface area contributed by atoms with Gasteiger partial charge in [0, 0.05) is 44.7 Å². The molecule has 2 amide bonds. The summed E-state index contributed by atoms with van der Waals surface area (Å²) in [7, 11) is 0. The molecule has 2 heterocycles. The topological polar surface area (TPSA) is 109 Å². The highest BCUT2D eigenvalue weighted by molar-refractivity contribution is 6.03. The maximum Gasteiger partial charge on any atom is 0.269 e. The number of rotatable bonds is 9. The van der Waals surface area contributed by atoms with Crippen LogP contribution in [0, 0.1) is 21.7 Å². The van der Waals surface area contributed by atoms with Crippen molar-refractivity contribution < 1.29 is 28.0 Å². The van der Waals surface area contributed by atoms with E-state index in [-0.39, 0.29) is 24.2 Å². The lowest BCUT2D eigenvalue weighted by Crippen LogP contribution is -2.46. The van der Waals surface area contributed by atoms with Gasteiger partial charge in [-0.05, 0) is 35.4 Å². The molecule has 1 saturated heterocycles. The second kappa shape index (κ2) is 13.0. The molecule has 3 aromatic carbocycles. The van der Waals surface area contributed by atoms with E-state index in [0.29, 0.717) is 49.7 Å². The summed E-state index contributed by atoms with van der Waals surface area (Å²) in [4.78, 5) is 41.7. The lowest BCUT2D eigenvalue weighted by Gasteiger charge is -2.31. The second-order valence-electron chi connectivity index (χ2n) is 10.0. The van der Waals surface area contributed by atoms with Crippen molar-refractivity contribution in [3.63, 3.8) is 0 Å². The molecule has 0 spiro atoms. The van der Waals surface area contributed by atoms with Gasteiger partial charge in [0.05, 0.1) is 35.5 Å². The van der Waals surface area contributed by atoms with Crippen LogP contribution in [-0.2, 0) is 9.53 Å². The van der Waals surface area contributed by atoms with Crippen molar-refractivity contribution in [2.45, 2.75) is 12.5 Å². The SMILES string of the molecule is O=C(c1ccccc1F)N(CCN1CCOCC1)CC(=O)N1N=C(c2ccc(F)cc2)CC1c1cccc([N+](=O)[O-])c1. The fourth-order valence-electron chi connectivity index (χ4n) is 5.04. The summed E-state index contributed by atoms with van der Waals surface area (Å²) in [6, 6.07) is 16.5. The zero-order valence-corrected chi connectivity index (χ0v) is 22.7. The first-order valence-corrected chi connectivity index (χ1v) is 13.5. The Kier molecular flexibility index (Phi) is 8.94. The number of hydrogen-bond donors (Lipinski definition) is 0. The van der Waals surface area contributed by atoms with Gasteiger partial charge in [-0.15, -0.1) is 0 Å². The first kappa shape index (κ1) is 29.0. The molecule has 2 aliphatic rings. The van der Waals surface area contributed by atoms with Gasteiger partial charge >= 0.3 is 0 Å². The van der Waals surface area contributed by atoms with Gasteiger partial charge in [0.1, 0.15) is 18.2 Å². The van der Waals surface area contributed by atoms with Crippen LogP contribution in [0.5, 0.6) is 0 Å². The maximum absolute atomic E-state index is 14.6. The molecule has 0 bridgehead atoms. The Balaban J connectivity index is 1.44. The summed E-state index contributed by atoms with van der Waals surface area (Å²) >= 11 is 0. The molecule has 0 saturated carbocycles. The quantitative estimate of drug-likeness (QED) is 0.281. The summed E-state index contributed by atoms with van der Waals surface area (Å²) in [6.45, 7) is 2.66. The van der Waals surface area contributed by atoms with Crippen LogP contribution in [-0.4, -0.2) is 83.2 Å². The van der Waals surface area contributed by atoms with Crippen LogP contribution in [0.4, 0.5) is 14.5 Å². The van der Waals surface area contributed by atoms with E-state index in [2.05, 4.69) is 10.0 Å². The van der Waals surface area contributed by atoms with Gasteiger partial charge in [0.15, 0.2) is 0 Å². The number of carbonyl (C=O) groups is 2. The smallest absolute Gasteiger partial charge is 0.269 e. The van der Waals surface area contributed by atoms with Crippen molar-refractivity contribution in [2.24, 2.45) is 5.10 Å². The Hall–Kier alpha value is -4.55. The van der Waals surface area contributed by atoms with Crippen molar-refractivity contribution in [1.29, 1.82) is 0 Å². The van der Waals surface area contributed by atoms with Gasteiger partial charge in [-0.2, -0.15) is 5.10 Å². The van der Waals surface area contributed by atoms with Gasteiger partial charge in [0.2, 0.25) is 0 Å². The van der Waals surface area contributed by atoms with Crippen LogP contribution < -0.4 is 0 Å². The average Bonchev–Trinajstić information content (AvgIpc) is 3.46. The molecule has 2 aliphatic heterocycles. The maximum atomic E-state index is 14.6. The van der Waals surface area contributed by atoms with Crippen molar-refractivity contribution in [3.05, 3.63) is 111 Å². The standard InChI is InChI=1S/C30H29F2N5O5/c31-23-10-8-21(9-11-23)27-19-28(22-4-3-5-24(18-22)37(40)41)36(33-27)29(38)20-35(13-12-34-14-16-42-17-15-34)30(39)25-6-1-2-7-26(25)32/h1-11,18,28H,12-17,19-20H2. The third kappa shape index (κ3) is 6.67. The van der Waals surface area contributed by atoms with Gasteiger partial charge in [0.25, 0.3) is 17.5 Å². The van der Waals surface area contributed by atoms with E-state index in [1.807, 2.05) is 0 Å². The minimum absolute atomic E-state index is 0.142. The second-order valence-corrected chi connectivity index (χ2v) is 10.0. The average molecular weight is 578 g/mol. The van der Waals surface area contributed by atoms with Crippen molar-refractivity contribution >= 4 is 23.2 Å². The van der Waals surface area contributed by atoms with Crippen LogP contribution in [0.25, 0.3) is 0 Å². The summed E-state index contributed by atoms with van der Waals surface area (Å²) in [6.07, 6.45) is 0.216. The van der Waals surface area contributed by atoms with Crippen LogP contribution in [0.3, 0.4) is 0 Å². The highest BCUT2D eigenvalue weighted by atomic mass is 19.1. The third-order valence-corrected chi connectivity index (χ3v) is 7.32. The molecule has 218 valence electrons. The van der Waals surface area contributed by atoms with Crippen LogP contribution in [0.15, 0.2) is 77.9 Å². The number of carbonyl (C=O) groups excluding carboxylic acids is 2. The minimum atomic E-state index is -0.706. The highest BCUT2D eigenvalue weighted by Crippen LogP contribution is 2.34. The third-order valence-electron chi connectivity index (χ3n) is 7.32. The monoisotopic (exact) mass is 577 g/mol. The minimum Gasteiger partial charge on any atom is -0.379 e. The fraction of sp³-hybridized carbons (Fsp3) is 0.300. The number of hydrazone groups is 1. The van der Waals surface area contributed by atoms with Crippen molar-refractivity contribution in [1.82, 2.24) is 14.8 Å². The Morgan fingerprint density at radius 3 is 2.48 bits per heavy atom. The largest absolute Gasteiger partial charge is 0.379 e. The normalized spacial score (nSPS) is 17.1. The number of nitro groups is 1. The molecule has 3 aromatic rings. The van der Waals surface area contributed by atoms with Gasteiger partial charge < -0.3 is 9.64 Å². The summed E-state index contributed by atoms with van der Waals surface area (Å²) < 4.78 is 33.6. The number of hydrogen-bond acceptors (Lipinski definition) is 7. The van der Waals surface area contributed by atoms with Crippen molar-refractivity contribution in [2.75, 3.05) is 45.9 Å². The summed E-state index contributed by atoms with van der Waals surface area (Å²) in [5.41, 5.74) is 1.27. The van der Waals surface area contributed by atoms with Crippen LogP contribution >= 0.6 is 0 Å². The molecule has 10 nitrogen and oxygen atoms in total. The number of halogens is 2. The Bertz CT molecular complexity index is 1490. The molecule has 12 heteroatoms. The first-order chi connectivity index (χ1) is 20.3. The molecular formula is C30H29F2N5O5. The van der Waals surface area contributed by atoms with E-state index < -0.39 is 41.0 Å². The first-order valence-electron chi connectivity index (χ1n) is 13.5. The zero-order chi connectivity index (χ0) is 29.6. The molecule has 1 fully saturated rings. The Morgan fingerprint density at radius 1 is 1.02 bits per heavy atom. The van der Waals surface area contributed by atoms with E-state index >= 15 is 0 Å². The van der Waals surface area contributed by atoms with Crippen LogP contribution in [0.2, 0.25) is 0 Å². The number of amides is 2. The molecule has 0 aromatic heterocycles. The van der Waals surface area contributed by atoms with E-state index in [1.54, 1.807) is 24.3 Å². The van der Waals surface area contributed by atoms with E-state index in [0.717, 1.165) is 0 Å². The molecule has 0 aliphatic carbocycles. The summed E-state index contributed by atoms with van der Waals surface area (Å²) in [5.74, 6) is -2.31. The van der Waals surface area contributed by atoms with Crippen LogP contribution in [0.1, 0.15) is 33.9 Å². The molecule has 0 N–H and O–H groups in total. The number of nitrogens with zero attached hydrogens (tertiary/aromatic N) is 5. The molecular weight excluding hydrogens is 548 g/mol. The Morgan fingerprint density at radius 2 is 1.76 bits per heavy atom. The fourth-order valence-corrected chi connectivity index (χ4v) is 5.04. The van der Waals surface area contributed by atoms with Gasteiger partial charge in [-0.3, -0.25) is 24.6 Å². The van der Waals surface area contributed by atoms with E-state index in [1.165, 1.54) is 58.4 Å². The number of morpholine rings is 1. The van der Waals surface area contributed by atoms with Gasteiger partial charge in [-0.25, -0.2) is 13.8 Å².